The lowest BCUT2D eigenvalue weighted by atomic mass is 10.2. The summed E-state index contributed by atoms with van der Waals surface area (Å²) < 4.78 is 2.27. The highest BCUT2D eigenvalue weighted by atomic mass is 16.3. The second-order valence-electron chi connectivity index (χ2n) is 3.99. The van der Waals surface area contributed by atoms with E-state index in [0.717, 1.165) is 13.0 Å². The highest BCUT2D eigenvalue weighted by Crippen LogP contribution is 2.20. The summed E-state index contributed by atoms with van der Waals surface area (Å²) in [6, 6.07) is 10.5. The summed E-state index contributed by atoms with van der Waals surface area (Å²) in [6.07, 6.45) is 0.447. The van der Waals surface area contributed by atoms with Gasteiger partial charge in [0.2, 0.25) is 0 Å². The van der Waals surface area contributed by atoms with E-state index < -0.39 is 0 Å². The first-order valence-corrected chi connectivity index (χ1v) is 5.47. The van der Waals surface area contributed by atoms with Crippen molar-refractivity contribution >= 4 is 10.9 Å². The Morgan fingerprint density at radius 1 is 1.33 bits per heavy atom. The van der Waals surface area contributed by atoms with Crippen molar-refractivity contribution in [2.45, 2.75) is 32.9 Å². The fourth-order valence-electron chi connectivity index (χ4n) is 2.11. The smallest absolute Gasteiger partial charge is 0.0566 e. The molecule has 1 aromatic carbocycles. The third kappa shape index (κ3) is 1.90. The zero-order chi connectivity index (χ0) is 10.8. The summed E-state index contributed by atoms with van der Waals surface area (Å²) in [5, 5.41) is 10.7. The van der Waals surface area contributed by atoms with Gasteiger partial charge in [0.1, 0.15) is 0 Å². The van der Waals surface area contributed by atoms with Gasteiger partial charge in [0.05, 0.1) is 6.10 Å². The van der Waals surface area contributed by atoms with E-state index in [1.165, 1.54) is 16.6 Å². The fraction of sp³-hybridized carbons (Fsp3) is 0.385. The molecule has 15 heavy (non-hydrogen) atoms. The van der Waals surface area contributed by atoms with Gasteiger partial charge in [0.25, 0.3) is 0 Å². The van der Waals surface area contributed by atoms with Gasteiger partial charge in [0, 0.05) is 24.2 Å². The zero-order valence-corrected chi connectivity index (χ0v) is 9.27. The maximum atomic E-state index is 9.44. The molecule has 1 aromatic heterocycles. The van der Waals surface area contributed by atoms with Crippen LogP contribution in [0.2, 0.25) is 0 Å². The Morgan fingerprint density at radius 2 is 2.07 bits per heavy atom. The number of hydrogen-bond donors (Lipinski definition) is 1. The Hall–Kier alpha value is -1.28. The Labute approximate surface area is 90.2 Å². The molecule has 2 aromatic rings. The van der Waals surface area contributed by atoms with Crippen LogP contribution in [0.5, 0.6) is 0 Å². The van der Waals surface area contributed by atoms with Crippen molar-refractivity contribution < 1.29 is 5.11 Å². The molecule has 0 saturated heterocycles. The molecule has 0 bridgehead atoms. The predicted octanol–water partition coefficient (Wildman–Crippen LogP) is 2.58. The quantitative estimate of drug-likeness (QED) is 0.815. The van der Waals surface area contributed by atoms with Gasteiger partial charge in [-0.15, -0.1) is 0 Å². The van der Waals surface area contributed by atoms with Gasteiger partial charge in [-0.25, -0.2) is 0 Å². The molecule has 0 amide bonds. The third-order valence-corrected chi connectivity index (χ3v) is 2.72. The average molecular weight is 203 g/mol. The first-order valence-electron chi connectivity index (χ1n) is 5.47. The van der Waals surface area contributed by atoms with E-state index in [1.54, 1.807) is 0 Å². The summed E-state index contributed by atoms with van der Waals surface area (Å²) >= 11 is 0. The van der Waals surface area contributed by atoms with Crippen LogP contribution >= 0.6 is 0 Å². The monoisotopic (exact) mass is 203 g/mol. The maximum absolute atomic E-state index is 9.44. The van der Waals surface area contributed by atoms with Crippen molar-refractivity contribution in [1.82, 2.24) is 4.57 Å². The second kappa shape index (κ2) is 4.07. The molecule has 2 nitrogen and oxygen atoms in total. The first-order chi connectivity index (χ1) is 7.22. The van der Waals surface area contributed by atoms with Crippen LogP contribution in [0.4, 0.5) is 0 Å². The molecule has 0 spiro atoms. The molecule has 1 unspecified atom stereocenters. The van der Waals surface area contributed by atoms with Gasteiger partial charge < -0.3 is 9.67 Å². The molecule has 0 aliphatic carbocycles. The molecule has 0 radical (unpaired) electrons. The molecule has 1 atom stereocenters. The number of aromatic nitrogens is 1. The lowest BCUT2D eigenvalue weighted by Gasteiger charge is -2.09. The van der Waals surface area contributed by atoms with E-state index in [1.807, 2.05) is 6.92 Å². The van der Waals surface area contributed by atoms with Gasteiger partial charge in [-0.1, -0.05) is 18.2 Å². The van der Waals surface area contributed by atoms with Crippen LogP contribution in [-0.4, -0.2) is 15.8 Å². The van der Waals surface area contributed by atoms with Crippen molar-refractivity contribution in [3.8, 4) is 0 Å². The fourth-order valence-corrected chi connectivity index (χ4v) is 2.11. The first kappa shape index (κ1) is 10.2. The molecule has 1 N–H and O–H groups in total. The lowest BCUT2D eigenvalue weighted by molar-refractivity contribution is 0.193. The van der Waals surface area contributed by atoms with Crippen LogP contribution in [-0.2, 0) is 13.0 Å². The Morgan fingerprint density at radius 3 is 2.73 bits per heavy atom. The minimum absolute atomic E-state index is 0.278. The van der Waals surface area contributed by atoms with Crippen LogP contribution in [0.25, 0.3) is 10.9 Å². The van der Waals surface area contributed by atoms with Crippen molar-refractivity contribution in [2.24, 2.45) is 0 Å². The van der Waals surface area contributed by atoms with Crippen LogP contribution < -0.4 is 0 Å². The number of aliphatic hydroxyl groups is 1. The molecule has 0 saturated carbocycles. The van der Waals surface area contributed by atoms with Crippen molar-refractivity contribution in [3.63, 3.8) is 0 Å². The van der Waals surface area contributed by atoms with E-state index >= 15 is 0 Å². The molecule has 2 heteroatoms. The summed E-state index contributed by atoms with van der Waals surface area (Å²) in [6.45, 7) is 4.92. The highest BCUT2D eigenvalue weighted by molar-refractivity contribution is 5.81. The molecule has 1 heterocycles. The van der Waals surface area contributed by atoms with Crippen LogP contribution in [0, 0.1) is 0 Å². The minimum Gasteiger partial charge on any atom is -0.393 e. The number of nitrogens with zero attached hydrogens (tertiary/aromatic N) is 1. The van der Waals surface area contributed by atoms with E-state index in [9.17, 15) is 5.11 Å². The summed E-state index contributed by atoms with van der Waals surface area (Å²) in [4.78, 5) is 0. The van der Waals surface area contributed by atoms with Crippen LogP contribution in [0.3, 0.4) is 0 Å². The highest BCUT2D eigenvalue weighted by Gasteiger charge is 2.08. The number of aliphatic hydroxyl groups excluding tert-OH is 1. The summed E-state index contributed by atoms with van der Waals surface area (Å²) in [5.41, 5.74) is 2.48. The maximum Gasteiger partial charge on any atom is 0.0566 e. The number of para-hydroxylation sites is 1. The SMILES string of the molecule is CCn1c(CC(C)O)cc2ccccc21. The molecule has 0 aliphatic rings. The van der Waals surface area contributed by atoms with Gasteiger partial charge in [-0.05, 0) is 31.4 Å². The molecular weight excluding hydrogens is 186 g/mol. The summed E-state index contributed by atoms with van der Waals surface area (Å²) in [5.74, 6) is 0. The van der Waals surface area contributed by atoms with E-state index in [4.69, 9.17) is 0 Å². The van der Waals surface area contributed by atoms with Gasteiger partial charge in [-0.3, -0.25) is 0 Å². The zero-order valence-electron chi connectivity index (χ0n) is 9.27. The number of hydrogen-bond acceptors (Lipinski definition) is 1. The lowest BCUT2D eigenvalue weighted by Crippen LogP contribution is -2.09. The van der Waals surface area contributed by atoms with Crippen molar-refractivity contribution in [2.75, 3.05) is 0 Å². The topological polar surface area (TPSA) is 25.2 Å². The Balaban J connectivity index is 2.54. The normalized spacial score (nSPS) is 13.3. The van der Waals surface area contributed by atoms with Gasteiger partial charge in [-0.2, -0.15) is 0 Å². The molecule has 0 fully saturated rings. The van der Waals surface area contributed by atoms with Crippen LogP contribution in [0.1, 0.15) is 19.5 Å². The Kier molecular flexibility index (Phi) is 2.78. The van der Waals surface area contributed by atoms with E-state index in [0.29, 0.717) is 0 Å². The molecular formula is C13H17NO. The standard InChI is InChI=1S/C13H17NO/c1-3-14-12(8-10(2)15)9-11-6-4-5-7-13(11)14/h4-7,9-10,15H,3,8H2,1-2H3. The van der Waals surface area contributed by atoms with Crippen molar-refractivity contribution in [3.05, 3.63) is 36.0 Å². The second-order valence-corrected chi connectivity index (χ2v) is 3.99. The number of fused-ring (bicyclic) bond motifs is 1. The van der Waals surface area contributed by atoms with E-state index in [2.05, 4.69) is 41.8 Å². The largest absolute Gasteiger partial charge is 0.393 e. The number of aryl methyl sites for hydroxylation is 1. The number of benzene rings is 1. The third-order valence-electron chi connectivity index (χ3n) is 2.72. The average Bonchev–Trinajstić information content (AvgIpc) is 2.53. The Bertz CT molecular complexity index is 457. The number of rotatable bonds is 3. The van der Waals surface area contributed by atoms with E-state index in [-0.39, 0.29) is 6.10 Å². The predicted molar refractivity (Wildman–Crippen MR) is 63.0 cm³/mol. The summed E-state index contributed by atoms with van der Waals surface area (Å²) in [7, 11) is 0. The molecule has 2 rings (SSSR count). The van der Waals surface area contributed by atoms with Gasteiger partial charge >= 0.3 is 0 Å². The molecule has 0 aliphatic heterocycles. The van der Waals surface area contributed by atoms with Crippen molar-refractivity contribution in [1.29, 1.82) is 0 Å². The molecule has 80 valence electrons. The van der Waals surface area contributed by atoms with Crippen LogP contribution in [0.15, 0.2) is 30.3 Å². The minimum atomic E-state index is -0.278. The van der Waals surface area contributed by atoms with Gasteiger partial charge in [0.15, 0.2) is 0 Å².